The molecule has 4 rings (SSSR count). The van der Waals surface area contributed by atoms with E-state index < -0.39 is 216 Å². The molecule has 0 aromatic rings. The molecule has 4 aliphatic rings. The first kappa shape index (κ1) is 94.8. The summed E-state index contributed by atoms with van der Waals surface area (Å²) in [7, 11) is 0. The lowest BCUT2D eigenvalue weighted by molar-refractivity contribution is -0.388. The average molecular weight is 1530 g/mol. The molecule has 0 bridgehead atoms. The first-order valence-corrected chi connectivity index (χ1v) is 39.5. The van der Waals surface area contributed by atoms with Crippen LogP contribution in [0.4, 0.5) is 0 Å². The van der Waals surface area contributed by atoms with Crippen LogP contribution in [0, 0.1) is 0 Å². The summed E-state index contributed by atoms with van der Waals surface area (Å²) in [6.07, 6.45) is -4.38. The summed E-state index contributed by atoms with van der Waals surface area (Å²) in [6.45, 7) is 1.21. The van der Waals surface area contributed by atoms with Crippen molar-refractivity contribution in [1.82, 2.24) is 16.0 Å². The second-order valence-electron chi connectivity index (χ2n) is 29.7. The molecular weight excluding hydrogens is 1390 g/mol. The average Bonchev–Trinajstić information content (AvgIpc) is 0.758. The van der Waals surface area contributed by atoms with Gasteiger partial charge in [-0.2, -0.15) is 0 Å². The Kier molecular flexibility index (Phi) is 45.8. The van der Waals surface area contributed by atoms with Gasteiger partial charge in [-0.15, -0.1) is 0 Å². The predicted octanol–water partition coefficient (Wildman–Crippen LogP) is 2.12. The van der Waals surface area contributed by atoms with Crippen molar-refractivity contribution in [2.24, 2.45) is 0 Å². The molecule has 4 aliphatic heterocycles. The summed E-state index contributed by atoms with van der Waals surface area (Å²) in [5, 5.41) is 185. The van der Waals surface area contributed by atoms with Gasteiger partial charge in [0.25, 0.3) is 11.6 Å². The van der Waals surface area contributed by atoms with E-state index in [0.29, 0.717) is 19.3 Å². The number of carbonyl (C=O) groups is 5. The summed E-state index contributed by atoms with van der Waals surface area (Å²) in [5.74, 6) is -13.1. The first-order valence-electron chi connectivity index (χ1n) is 39.5. The molecule has 32 heteroatoms. The van der Waals surface area contributed by atoms with E-state index in [1.807, 2.05) is 0 Å². The summed E-state index contributed by atoms with van der Waals surface area (Å²) in [6, 6.07) is -4.64. The van der Waals surface area contributed by atoms with Crippen molar-refractivity contribution < 1.29 is 144 Å². The number of carbonyl (C=O) groups excluding carboxylic acids is 3. The number of nitrogens with one attached hydrogen (secondary N) is 3. The normalized spacial score (nSPS) is 30.9. The van der Waals surface area contributed by atoms with Gasteiger partial charge in [0.05, 0.1) is 69.5 Å². The third-order valence-corrected chi connectivity index (χ3v) is 20.8. The number of carboxylic acids is 2. The molecule has 0 aliphatic carbocycles. The van der Waals surface area contributed by atoms with Gasteiger partial charge < -0.3 is 136 Å². The van der Waals surface area contributed by atoms with Crippen molar-refractivity contribution in [1.29, 1.82) is 0 Å². The van der Waals surface area contributed by atoms with Crippen molar-refractivity contribution in [2.45, 2.75) is 405 Å². The molecule has 0 spiro atoms. The smallest absolute Gasteiger partial charge is 0.364 e. The highest BCUT2D eigenvalue weighted by Crippen LogP contribution is 2.41. The summed E-state index contributed by atoms with van der Waals surface area (Å²) in [4.78, 5) is 65.1. The van der Waals surface area contributed by atoms with Crippen molar-refractivity contribution in [3.05, 3.63) is 0 Å². The SMILES string of the molecule is CCCCCCCCCCCCCCCCCCCCCC(=O)N[C@@H](CO[C@@H]1O[C@H](CO)[C@@H](O[C@@H]2O[C@H](CO)[C@H](O)[C@H](O[C@]3(C(=O)O)C[C@H](O)[C@@H](NC(C)=O)C([C@H](O)[C@@H](CO)O[C@]4(C(=O)O)C[C@H](O)[C@@H](NC(C)=O)C([C@H](O)[C@H](O)CO)O4)O3)[C@H]2O)[C@H](O)[C@H]1O)[C@H](O)CCCCCCCCCCCCCCC. The van der Waals surface area contributed by atoms with Gasteiger partial charge in [-0.25, -0.2) is 9.59 Å². The molecule has 24 atom stereocenters. The molecule has 106 heavy (non-hydrogen) atoms. The maximum atomic E-state index is 13.6. The van der Waals surface area contributed by atoms with Crippen molar-refractivity contribution in [2.75, 3.05) is 33.0 Å². The van der Waals surface area contributed by atoms with Crippen LogP contribution >= 0.6 is 0 Å². The molecule has 19 N–H and O–H groups in total. The molecule has 4 saturated heterocycles. The first-order chi connectivity index (χ1) is 50.7. The summed E-state index contributed by atoms with van der Waals surface area (Å²) >= 11 is 0. The Bertz CT molecular complexity index is 2430. The van der Waals surface area contributed by atoms with Gasteiger partial charge >= 0.3 is 11.9 Å². The minimum atomic E-state index is -3.39. The monoisotopic (exact) mass is 1530 g/mol. The van der Waals surface area contributed by atoms with E-state index in [-0.39, 0.29) is 12.3 Å². The molecule has 32 nitrogen and oxygen atoms in total. The van der Waals surface area contributed by atoms with Gasteiger partial charge in [0.2, 0.25) is 17.7 Å². The van der Waals surface area contributed by atoms with E-state index in [0.717, 1.165) is 65.2 Å². The van der Waals surface area contributed by atoms with Crippen LogP contribution < -0.4 is 16.0 Å². The Labute approximate surface area is 624 Å². The largest absolute Gasteiger partial charge is 0.477 e. The van der Waals surface area contributed by atoms with Crippen LogP contribution in [0.25, 0.3) is 0 Å². The van der Waals surface area contributed by atoms with Gasteiger partial charge in [-0.1, -0.05) is 213 Å². The fourth-order valence-corrected chi connectivity index (χ4v) is 14.5. The number of aliphatic carboxylic acids is 2. The highest BCUT2D eigenvalue weighted by atomic mass is 16.8. The van der Waals surface area contributed by atoms with Crippen molar-refractivity contribution >= 4 is 29.7 Å². The minimum Gasteiger partial charge on any atom is -0.477 e. The van der Waals surface area contributed by atoms with E-state index in [1.165, 1.54) is 141 Å². The number of ether oxygens (including phenoxy) is 8. The number of rotatable bonds is 57. The zero-order chi connectivity index (χ0) is 78.4. The van der Waals surface area contributed by atoms with E-state index in [9.17, 15) is 106 Å². The van der Waals surface area contributed by atoms with Gasteiger partial charge in [-0.3, -0.25) is 14.4 Å². The van der Waals surface area contributed by atoms with E-state index >= 15 is 0 Å². The number of hydrogen-bond donors (Lipinski definition) is 19. The third kappa shape index (κ3) is 30.9. The number of hydrogen-bond acceptors (Lipinski definition) is 27. The van der Waals surface area contributed by atoms with Crippen LogP contribution in [-0.2, 0) is 61.9 Å². The molecule has 0 radical (unpaired) electrons. The zero-order valence-corrected chi connectivity index (χ0v) is 63.2. The van der Waals surface area contributed by atoms with Crippen LogP contribution in [0.5, 0.6) is 0 Å². The molecule has 0 saturated carbocycles. The minimum absolute atomic E-state index is 0.180. The fraction of sp³-hybridized carbons (Fsp3) is 0.932. The fourth-order valence-electron chi connectivity index (χ4n) is 14.5. The summed E-state index contributed by atoms with van der Waals surface area (Å²) in [5.41, 5.74) is 0. The standard InChI is InChI=1S/C74H135N3O29/c1-5-7-9-11-13-15-17-19-20-21-22-23-24-26-28-30-32-34-36-38-56(88)77-48(49(84)37-35-33-31-29-27-25-18-16-14-12-10-8-6-2)45-99-69-63(93)62(92)65(55(44-81)101-69)102-70-64(94)68(60(90)53(42-79)100-70)106-74(72(97)98)40-51(86)58(76-47(4)83)67(105-74)61(91)54(43-80)103-73(71(95)96)39-50(85)57(75-46(3)82)66(104-73)59(89)52(87)41-78/h48-55,57-70,78-81,84-87,89-94H,5-45H2,1-4H3,(H,75,82)(H,76,83)(H,77,88)(H,95,96)(H,97,98)/t48-,49+,50-,51-,52+,53+,54+,55+,57+,58+,59+,60-,61+,62+,63+,64+,65+,66?,67?,68-,69+,70-,73+,74-/m0/s1. The van der Waals surface area contributed by atoms with Crippen LogP contribution in [0.2, 0.25) is 0 Å². The highest BCUT2D eigenvalue weighted by Gasteiger charge is 2.62. The number of aliphatic hydroxyl groups is 14. The second-order valence-corrected chi connectivity index (χ2v) is 29.7. The lowest BCUT2D eigenvalue weighted by atomic mass is 9.87. The van der Waals surface area contributed by atoms with Gasteiger partial charge in [0.1, 0.15) is 85.5 Å². The zero-order valence-electron chi connectivity index (χ0n) is 63.2. The van der Waals surface area contributed by atoms with E-state index in [2.05, 4.69) is 29.8 Å². The van der Waals surface area contributed by atoms with Crippen molar-refractivity contribution in [3.63, 3.8) is 0 Å². The van der Waals surface area contributed by atoms with Crippen LogP contribution in [0.1, 0.15) is 259 Å². The quantitative estimate of drug-likeness (QED) is 0.0388. The molecule has 2 unspecified atom stereocenters. The van der Waals surface area contributed by atoms with Crippen LogP contribution in [-0.4, -0.2) is 290 Å². The van der Waals surface area contributed by atoms with Gasteiger partial charge in [0, 0.05) is 33.1 Å². The third-order valence-electron chi connectivity index (χ3n) is 20.8. The van der Waals surface area contributed by atoms with Gasteiger partial charge in [0.15, 0.2) is 12.6 Å². The number of amides is 3. The maximum absolute atomic E-state index is 13.6. The van der Waals surface area contributed by atoms with E-state index in [4.69, 9.17) is 37.9 Å². The number of carboxylic acid groups (broad SMARTS) is 2. The lowest BCUT2D eigenvalue weighted by Crippen LogP contribution is -2.72. The molecule has 0 aromatic carbocycles. The van der Waals surface area contributed by atoms with Crippen LogP contribution in [0.3, 0.4) is 0 Å². The Hall–Kier alpha value is -3.53. The molecule has 4 heterocycles. The Morgan fingerprint density at radius 3 is 1.31 bits per heavy atom. The Morgan fingerprint density at radius 2 is 0.887 bits per heavy atom. The number of unbranched alkanes of at least 4 members (excludes halogenated alkanes) is 30. The van der Waals surface area contributed by atoms with Crippen molar-refractivity contribution in [3.8, 4) is 0 Å². The Balaban J connectivity index is 1.45. The topological polar surface area (TPSA) is 519 Å². The molecule has 4 fully saturated rings. The molecule has 0 aromatic heterocycles. The molecular formula is C74H135N3O29. The Morgan fingerprint density at radius 1 is 0.472 bits per heavy atom. The lowest BCUT2D eigenvalue weighted by Gasteiger charge is -2.51. The van der Waals surface area contributed by atoms with Gasteiger partial charge in [-0.05, 0) is 12.8 Å². The highest BCUT2D eigenvalue weighted by molar-refractivity contribution is 5.78. The number of aliphatic hydroxyl groups excluding tert-OH is 14. The molecule has 3 amide bonds. The van der Waals surface area contributed by atoms with E-state index in [1.54, 1.807) is 0 Å². The molecule has 620 valence electrons. The summed E-state index contributed by atoms with van der Waals surface area (Å²) < 4.78 is 46.6. The second kappa shape index (κ2) is 51.2. The van der Waals surface area contributed by atoms with Crippen LogP contribution in [0.15, 0.2) is 0 Å². The predicted molar refractivity (Wildman–Crippen MR) is 381 cm³/mol. The maximum Gasteiger partial charge on any atom is 0.364 e.